The summed E-state index contributed by atoms with van der Waals surface area (Å²) in [4.78, 5) is 25.5. The third-order valence-electron chi connectivity index (χ3n) is 3.90. The Hall–Kier alpha value is -2.12. The number of carbonyl (C=O) groups excluding carboxylic acids is 2. The Bertz CT molecular complexity index is 613. The summed E-state index contributed by atoms with van der Waals surface area (Å²) >= 11 is 0. The molecule has 1 aliphatic rings. The van der Waals surface area contributed by atoms with Crippen molar-refractivity contribution in [3.05, 3.63) is 35.9 Å². The molecule has 1 amide bonds. The van der Waals surface area contributed by atoms with Crippen LogP contribution >= 0.6 is 0 Å². The van der Waals surface area contributed by atoms with Gasteiger partial charge in [0, 0.05) is 0 Å². The third-order valence-corrected chi connectivity index (χ3v) is 3.90. The van der Waals surface area contributed by atoms with Crippen LogP contribution in [-0.2, 0) is 30.3 Å². The van der Waals surface area contributed by atoms with E-state index < -0.39 is 23.8 Å². The molecule has 0 saturated carbocycles. The first-order chi connectivity index (χ1) is 12.8. The average Bonchev–Trinajstić information content (AvgIpc) is 3.00. The highest BCUT2D eigenvalue weighted by molar-refractivity contribution is 5.70. The lowest BCUT2D eigenvalue weighted by atomic mass is 10.1. The fourth-order valence-electron chi connectivity index (χ4n) is 2.81. The molecule has 1 heterocycles. The SMILES string of the molecule is CCOC(=O)CO[C@@H]1CN(C(=O)OCc2ccccc2)C[C@H]1OC(C)(C)C. The van der Waals surface area contributed by atoms with Crippen LogP contribution in [-0.4, -0.2) is 61.1 Å². The van der Waals surface area contributed by atoms with Crippen molar-refractivity contribution < 1.29 is 28.5 Å². The summed E-state index contributed by atoms with van der Waals surface area (Å²) in [5, 5.41) is 0. The molecule has 2 rings (SSSR count). The number of ether oxygens (including phenoxy) is 4. The number of amides is 1. The van der Waals surface area contributed by atoms with Crippen LogP contribution < -0.4 is 0 Å². The van der Waals surface area contributed by atoms with Gasteiger partial charge in [-0.25, -0.2) is 9.59 Å². The number of benzene rings is 1. The zero-order valence-electron chi connectivity index (χ0n) is 16.5. The Kier molecular flexibility index (Phi) is 7.62. The molecule has 7 nitrogen and oxygen atoms in total. The molecule has 1 aromatic rings. The van der Waals surface area contributed by atoms with Crippen LogP contribution in [0, 0.1) is 0 Å². The first-order valence-electron chi connectivity index (χ1n) is 9.19. The van der Waals surface area contributed by atoms with Gasteiger partial charge < -0.3 is 23.8 Å². The molecule has 7 heteroatoms. The van der Waals surface area contributed by atoms with Crippen molar-refractivity contribution in [3.8, 4) is 0 Å². The van der Waals surface area contributed by atoms with Crippen molar-refractivity contribution in [3.63, 3.8) is 0 Å². The predicted molar refractivity (Wildman–Crippen MR) is 99.2 cm³/mol. The van der Waals surface area contributed by atoms with Gasteiger partial charge in [-0.15, -0.1) is 0 Å². The number of nitrogens with zero attached hydrogens (tertiary/aromatic N) is 1. The summed E-state index contributed by atoms with van der Waals surface area (Å²) in [5.74, 6) is -0.433. The van der Waals surface area contributed by atoms with Gasteiger partial charge in [0.05, 0.1) is 25.3 Å². The van der Waals surface area contributed by atoms with Gasteiger partial charge in [-0.1, -0.05) is 30.3 Å². The monoisotopic (exact) mass is 379 g/mol. The zero-order chi connectivity index (χ0) is 19.9. The Labute approximate surface area is 160 Å². The maximum atomic E-state index is 12.4. The van der Waals surface area contributed by atoms with Crippen LogP contribution in [0.3, 0.4) is 0 Å². The van der Waals surface area contributed by atoms with Crippen LogP contribution in [0.25, 0.3) is 0 Å². The third kappa shape index (κ3) is 7.19. The molecular formula is C20H29NO6. The maximum Gasteiger partial charge on any atom is 0.410 e. The van der Waals surface area contributed by atoms with Crippen molar-refractivity contribution >= 4 is 12.1 Å². The van der Waals surface area contributed by atoms with E-state index in [-0.39, 0.29) is 19.3 Å². The molecule has 1 fully saturated rings. The number of carbonyl (C=O) groups is 2. The van der Waals surface area contributed by atoms with E-state index in [4.69, 9.17) is 18.9 Å². The molecule has 150 valence electrons. The molecule has 0 spiro atoms. The van der Waals surface area contributed by atoms with E-state index in [2.05, 4.69) is 0 Å². The summed E-state index contributed by atoms with van der Waals surface area (Å²) < 4.78 is 22.0. The summed E-state index contributed by atoms with van der Waals surface area (Å²) in [6, 6.07) is 9.49. The molecule has 1 saturated heterocycles. The van der Waals surface area contributed by atoms with Crippen molar-refractivity contribution in [2.24, 2.45) is 0 Å². The number of hydrogen-bond donors (Lipinski definition) is 0. The minimum Gasteiger partial charge on any atom is -0.464 e. The zero-order valence-corrected chi connectivity index (χ0v) is 16.5. The maximum absolute atomic E-state index is 12.4. The molecule has 0 aliphatic carbocycles. The highest BCUT2D eigenvalue weighted by Crippen LogP contribution is 2.23. The Balaban J connectivity index is 1.92. The minimum atomic E-state index is -0.433. The summed E-state index contributed by atoms with van der Waals surface area (Å²) in [6.07, 6.45) is -1.19. The van der Waals surface area contributed by atoms with E-state index in [1.165, 1.54) is 0 Å². The predicted octanol–water partition coefficient (Wildman–Crippen LogP) is 2.77. The second-order valence-electron chi connectivity index (χ2n) is 7.37. The Morgan fingerprint density at radius 2 is 1.74 bits per heavy atom. The summed E-state index contributed by atoms with van der Waals surface area (Å²) in [7, 11) is 0. The summed E-state index contributed by atoms with van der Waals surface area (Å²) in [6.45, 7) is 8.52. The van der Waals surface area contributed by atoms with Gasteiger partial charge in [0.2, 0.25) is 0 Å². The van der Waals surface area contributed by atoms with Gasteiger partial charge >= 0.3 is 12.1 Å². The van der Waals surface area contributed by atoms with E-state index in [1.807, 2.05) is 51.1 Å². The standard InChI is InChI=1S/C20H29NO6/c1-5-24-18(22)14-25-16-11-21(12-17(16)27-20(2,3)4)19(23)26-13-15-9-7-6-8-10-15/h6-10,16-17H,5,11-14H2,1-4H3/t16-,17-/m1/s1. The van der Waals surface area contributed by atoms with Crippen molar-refractivity contribution in [2.75, 3.05) is 26.3 Å². The van der Waals surface area contributed by atoms with Gasteiger partial charge in [-0.2, -0.15) is 0 Å². The minimum absolute atomic E-state index is 0.171. The normalized spacial score (nSPS) is 19.8. The fourth-order valence-corrected chi connectivity index (χ4v) is 2.81. The van der Waals surface area contributed by atoms with Gasteiger partial charge in [0.25, 0.3) is 0 Å². The smallest absolute Gasteiger partial charge is 0.410 e. The molecule has 2 atom stereocenters. The number of esters is 1. The second-order valence-corrected chi connectivity index (χ2v) is 7.37. The lowest BCUT2D eigenvalue weighted by Gasteiger charge is -2.27. The van der Waals surface area contributed by atoms with Crippen molar-refractivity contribution in [1.29, 1.82) is 0 Å². The second kappa shape index (κ2) is 9.71. The quantitative estimate of drug-likeness (QED) is 0.678. The molecule has 1 aliphatic heterocycles. The van der Waals surface area contributed by atoms with Crippen molar-refractivity contribution in [2.45, 2.75) is 52.1 Å². The molecule has 0 radical (unpaired) electrons. The molecule has 0 bridgehead atoms. The molecule has 1 aromatic carbocycles. The Morgan fingerprint density at radius 1 is 1.07 bits per heavy atom. The topological polar surface area (TPSA) is 74.3 Å². The average molecular weight is 379 g/mol. The first-order valence-corrected chi connectivity index (χ1v) is 9.19. The lowest BCUT2D eigenvalue weighted by molar-refractivity contribution is -0.155. The number of likely N-dealkylation sites (tertiary alicyclic amines) is 1. The van der Waals surface area contributed by atoms with Crippen LogP contribution in [0.15, 0.2) is 30.3 Å². The fraction of sp³-hybridized carbons (Fsp3) is 0.600. The van der Waals surface area contributed by atoms with Gasteiger partial charge in [-0.3, -0.25) is 0 Å². The largest absolute Gasteiger partial charge is 0.464 e. The molecule has 0 aromatic heterocycles. The molecule has 0 N–H and O–H groups in total. The molecule has 27 heavy (non-hydrogen) atoms. The molecule has 0 unspecified atom stereocenters. The van der Waals surface area contributed by atoms with E-state index in [1.54, 1.807) is 11.8 Å². The summed E-state index contributed by atoms with van der Waals surface area (Å²) in [5.41, 5.74) is 0.516. The number of hydrogen-bond acceptors (Lipinski definition) is 6. The van der Waals surface area contributed by atoms with E-state index in [9.17, 15) is 9.59 Å². The van der Waals surface area contributed by atoms with Gasteiger partial charge in [0.1, 0.15) is 25.4 Å². The molecular weight excluding hydrogens is 350 g/mol. The van der Waals surface area contributed by atoms with E-state index in [0.717, 1.165) is 5.56 Å². The highest BCUT2D eigenvalue weighted by Gasteiger charge is 2.40. The van der Waals surface area contributed by atoms with Crippen LogP contribution in [0.4, 0.5) is 4.79 Å². The number of rotatable bonds is 7. The first kappa shape index (κ1) is 21.2. The van der Waals surface area contributed by atoms with Crippen LogP contribution in [0.2, 0.25) is 0 Å². The van der Waals surface area contributed by atoms with Crippen LogP contribution in [0.5, 0.6) is 0 Å². The van der Waals surface area contributed by atoms with Crippen LogP contribution in [0.1, 0.15) is 33.3 Å². The Morgan fingerprint density at radius 3 is 2.37 bits per heavy atom. The van der Waals surface area contributed by atoms with E-state index >= 15 is 0 Å². The van der Waals surface area contributed by atoms with Crippen molar-refractivity contribution in [1.82, 2.24) is 4.90 Å². The lowest BCUT2D eigenvalue weighted by Crippen LogP contribution is -2.37. The highest BCUT2D eigenvalue weighted by atomic mass is 16.6. The van der Waals surface area contributed by atoms with Gasteiger partial charge in [-0.05, 0) is 33.3 Å². The van der Waals surface area contributed by atoms with Gasteiger partial charge in [0.15, 0.2) is 0 Å². The van der Waals surface area contributed by atoms with E-state index in [0.29, 0.717) is 19.7 Å².